The summed E-state index contributed by atoms with van der Waals surface area (Å²) in [4.78, 5) is 23.0. The summed E-state index contributed by atoms with van der Waals surface area (Å²) in [7, 11) is 0. The number of carbonyl (C=O) groups is 2. The van der Waals surface area contributed by atoms with E-state index in [2.05, 4.69) is 10.6 Å². The molecule has 2 amide bonds. The van der Waals surface area contributed by atoms with Crippen molar-refractivity contribution in [2.24, 2.45) is 0 Å². The molecule has 6 nitrogen and oxygen atoms in total. The molecule has 2 N–H and O–H groups in total. The number of ether oxygens (including phenoxy) is 2. The van der Waals surface area contributed by atoms with E-state index in [4.69, 9.17) is 9.47 Å². The smallest absolute Gasteiger partial charge is 0.243 e. The Labute approximate surface area is 118 Å². The molecule has 6 heteroatoms. The largest absolute Gasteiger partial charge is 0.381 e. The first kappa shape index (κ1) is 14.0. The highest BCUT2D eigenvalue weighted by Gasteiger charge is 2.40. The van der Waals surface area contributed by atoms with Gasteiger partial charge in [-0.05, 0) is 32.1 Å². The van der Waals surface area contributed by atoms with E-state index >= 15 is 0 Å². The van der Waals surface area contributed by atoms with Crippen molar-refractivity contribution in [3.8, 4) is 0 Å². The second kappa shape index (κ2) is 5.79. The molecule has 3 aliphatic rings. The highest BCUT2D eigenvalue weighted by atomic mass is 16.5. The summed E-state index contributed by atoms with van der Waals surface area (Å²) >= 11 is 0. The van der Waals surface area contributed by atoms with E-state index in [1.807, 2.05) is 0 Å². The summed E-state index contributed by atoms with van der Waals surface area (Å²) in [6, 6.07) is 0.0403. The number of nitrogens with one attached hydrogen (secondary N) is 2. The van der Waals surface area contributed by atoms with Crippen LogP contribution in [0.4, 0.5) is 0 Å². The minimum atomic E-state index is -0.243. The third-order valence-corrected chi connectivity index (χ3v) is 4.57. The van der Waals surface area contributed by atoms with Gasteiger partial charge in [0.2, 0.25) is 11.8 Å². The summed E-state index contributed by atoms with van der Waals surface area (Å²) in [5, 5.41) is 5.81. The second-order valence-electron chi connectivity index (χ2n) is 6.00. The third-order valence-electron chi connectivity index (χ3n) is 4.57. The van der Waals surface area contributed by atoms with Crippen molar-refractivity contribution in [2.45, 2.75) is 56.2 Å². The molecule has 0 bridgehead atoms. The molecule has 20 heavy (non-hydrogen) atoms. The molecule has 1 spiro atoms. The molecular weight excluding hydrogens is 260 g/mol. The maximum Gasteiger partial charge on any atom is 0.243 e. The molecular formula is C14H22N2O4. The molecule has 0 aromatic heterocycles. The number of amides is 2. The highest BCUT2D eigenvalue weighted by Crippen LogP contribution is 2.34. The first-order chi connectivity index (χ1) is 9.67. The fraction of sp³-hybridized carbons (Fsp3) is 0.857. The predicted molar refractivity (Wildman–Crippen MR) is 71.1 cm³/mol. The fourth-order valence-corrected chi connectivity index (χ4v) is 3.40. The molecule has 0 radical (unpaired) electrons. The maximum atomic E-state index is 11.8. The molecule has 3 saturated heterocycles. The van der Waals surface area contributed by atoms with Gasteiger partial charge in [0.05, 0.1) is 11.6 Å². The molecule has 3 fully saturated rings. The van der Waals surface area contributed by atoms with Crippen molar-refractivity contribution in [1.82, 2.24) is 10.6 Å². The molecule has 2 unspecified atom stereocenters. The van der Waals surface area contributed by atoms with E-state index in [0.29, 0.717) is 12.8 Å². The van der Waals surface area contributed by atoms with Crippen LogP contribution in [0.5, 0.6) is 0 Å². The van der Waals surface area contributed by atoms with Crippen molar-refractivity contribution >= 4 is 11.8 Å². The van der Waals surface area contributed by atoms with Gasteiger partial charge in [-0.1, -0.05) is 0 Å². The van der Waals surface area contributed by atoms with Gasteiger partial charge in [-0.25, -0.2) is 0 Å². The minimum absolute atomic E-state index is 0.0743. The molecule has 3 aliphatic heterocycles. The average molecular weight is 282 g/mol. The quantitative estimate of drug-likeness (QED) is 0.703. The molecule has 0 aliphatic carbocycles. The van der Waals surface area contributed by atoms with Crippen molar-refractivity contribution in [2.75, 3.05) is 19.8 Å². The van der Waals surface area contributed by atoms with Crippen molar-refractivity contribution in [1.29, 1.82) is 0 Å². The fourth-order valence-electron chi connectivity index (χ4n) is 3.40. The van der Waals surface area contributed by atoms with Gasteiger partial charge < -0.3 is 14.8 Å². The Morgan fingerprint density at radius 2 is 1.95 bits per heavy atom. The average Bonchev–Trinajstić information content (AvgIpc) is 2.43. The van der Waals surface area contributed by atoms with Crippen LogP contribution in [0.1, 0.15) is 38.5 Å². The number of hydrogen-bond donors (Lipinski definition) is 2. The third kappa shape index (κ3) is 3.02. The topological polar surface area (TPSA) is 76.7 Å². The summed E-state index contributed by atoms with van der Waals surface area (Å²) in [5.41, 5.74) is -0.0743. The Morgan fingerprint density at radius 1 is 1.15 bits per heavy atom. The minimum Gasteiger partial charge on any atom is -0.381 e. The zero-order chi connectivity index (χ0) is 14.0. The van der Waals surface area contributed by atoms with E-state index in [9.17, 15) is 9.59 Å². The number of rotatable bonds is 2. The van der Waals surface area contributed by atoms with Gasteiger partial charge >= 0.3 is 0 Å². The van der Waals surface area contributed by atoms with Crippen LogP contribution in [0, 0.1) is 0 Å². The van der Waals surface area contributed by atoms with Gasteiger partial charge in [0.15, 0.2) is 0 Å². The van der Waals surface area contributed by atoms with E-state index in [-0.39, 0.29) is 29.5 Å². The van der Waals surface area contributed by atoms with Crippen LogP contribution in [0.3, 0.4) is 0 Å². The highest BCUT2D eigenvalue weighted by molar-refractivity contribution is 6.00. The Kier molecular flexibility index (Phi) is 4.05. The summed E-state index contributed by atoms with van der Waals surface area (Å²) in [5.74, 6) is -0.352. The lowest BCUT2D eigenvalue weighted by atomic mass is 9.83. The molecule has 0 saturated carbocycles. The van der Waals surface area contributed by atoms with Gasteiger partial charge in [-0.15, -0.1) is 0 Å². The molecule has 0 aromatic carbocycles. The number of piperidine rings is 1. The van der Waals surface area contributed by atoms with E-state index in [1.165, 1.54) is 0 Å². The molecule has 3 rings (SSSR count). The van der Waals surface area contributed by atoms with Gasteiger partial charge in [-0.2, -0.15) is 0 Å². The van der Waals surface area contributed by atoms with Crippen LogP contribution >= 0.6 is 0 Å². The van der Waals surface area contributed by atoms with Gasteiger partial charge in [0.25, 0.3) is 0 Å². The van der Waals surface area contributed by atoms with Crippen molar-refractivity contribution < 1.29 is 19.1 Å². The standard InChI is InChI=1S/C14H22N2O4/c17-12-2-1-11(13(18)16-12)15-10-3-6-20-14(9-10)4-7-19-8-5-14/h10-11,15H,1-9H2,(H,16,17,18). The van der Waals surface area contributed by atoms with E-state index in [1.54, 1.807) is 0 Å². The van der Waals surface area contributed by atoms with Crippen LogP contribution in [0.2, 0.25) is 0 Å². The van der Waals surface area contributed by atoms with Crippen LogP contribution < -0.4 is 10.6 Å². The van der Waals surface area contributed by atoms with Crippen LogP contribution in [-0.2, 0) is 19.1 Å². The zero-order valence-electron chi connectivity index (χ0n) is 11.7. The Bertz CT molecular complexity index is 387. The summed E-state index contributed by atoms with van der Waals surface area (Å²) in [6.07, 6.45) is 4.72. The predicted octanol–water partition coefficient (Wildman–Crippen LogP) is 0.109. The monoisotopic (exact) mass is 282 g/mol. The maximum absolute atomic E-state index is 11.8. The second-order valence-corrected chi connectivity index (χ2v) is 6.00. The normalized spacial score (nSPS) is 34.0. The zero-order valence-corrected chi connectivity index (χ0v) is 11.7. The van der Waals surface area contributed by atoms with Crippen LogP contribution in [0.25, 0.3) is 0 Å². The first-order valence-corrected chi connectivity index (χ1v) is 7.48. The molecule has 0 aromatic rings. The first-order valence-electron chi connectivity index (χ1n) is 7.48. The van der Waals surface area contributed by atoms with E-state index in [0.717, 1.165) is 45.5 Å². The SMILES string of the molecule is O=C1CCC(NC2CCOC3(CCOCC3)C2)C(=O)N1. The van der Waals surface area contributed by atoms with Gasteiger partial charge in [0.1, 0.15) is 0 Å². The Balaban J connectivity index is 1.57. The van der Waals surface area contributed by atoms with Crippen molar-refractivity contribution in [3.63, 3.8) is 0 Å². The lowest BCUT2D eigenvalue weighted by Gasteiger charge is -2.44. The summed E-state index contributed by atoms with van der Waals surface area (Å²) in [6.45, 7) is 2.24. The Hall–Kier alpha value is -0.980. The van der Waals surface area contributed by atoms with Gasteiger partial charge in [0, 0.05) is 32.3 Å². The van der Waals surface area contributed by atoms with Crippen LogP contribution in [0.15, 0.2) is 0 Å². The van der Waals surface area contributed by atoms with Gasteiger partial charge in [-0.3, -0.25) is 14.9 Å². The lowest BCUT2D eigenvalue weighted by Crippen LogP contribution is -2.57. The molecule has 112 valence electrons. The molecule has 2 atom stereocenters. The Morgan fingerprint density at radius 3 is 2.70 bits per heavy atom. The van der Waals surface area contributed by atoms with Crippen LogP contribution in [-0.4, -0.2) is 49.3 Å². The number of hydrogen-bond acceptors (Lipinski definition) is 5. The van der Waals surface area contributed by atoms with Crippen molar-refractivity contribution in [3.05, 3.63) is 0 Å². The number of carbonyl (C=O) groups excluding carboxylic acids is 2. The van der Waals surface area contributed by atoms with E-state index < -0.39 is 0 Å². The lowest BCUT2D eigenvalue weighted by molar-refractivity contribution is -0.144. The molecule has 3 heterocycles. The number of imide groups is 1. The summed E-state index contributed by atoms with van der Waals surface area (Å²) < 4.78 is 11.4.